The number of unbranched alkanes of at least 4 members (excludes halogenated alkanes) is 25. The predicted octanol–water partition coefficient (Wildman–Crippen LogP) is 19.6. The van der Waals surface area contributed by atoms with Crippen LogP contribution in [0.3, 0.4) is 0 Å². The summed E-state index contributed by atoms with van der Waals surface area (Å²) in [7, 11) is -9.78. The Morgan fingerprint density at radius 3 is 0.923 bits per heavy atom. The van der Waals surface area contributed by atoms with Gasteiger partial charge in [0, 0.05) is 19.3 Å². The molecule has 16 nitrogen and oxygen atoms in total. The van der Waals surface area contributed by atoms with E-state index in [9.17, 15) is 43.5 Å². The molecule has 0 radical (unpaired) electrons. The molecular weight excluding hydrogens is 1190 g/mol. The fourth-order valence-electron chi connectivity index (χ4n) is 9.18. The van der Waals surface area contributed by atoms with Crippen LogP contribution in [-0.2, 0) is 55.8 Å². The molecule has 0 heterocycles. The molecule has 18 heteroatoms. The topological polar surface area (TPSA) is 231 Å². The van der Waals surface area contributed by atoms with Crippen LogP contribution < -0.4 is 0 Å². The van der Waals surface area contributed by atoms with E-state index in [0.717, 1.165) is 167 Å². The minimum Gasteiger partial charge on any atom is -0.463 e. The Morgan fingerprint density at radius 2 is 0.582 bits per heavy atom. The first-order valence-electron chi connectivity index (χ1n) is 35.2. The van der Waals surface area contributed by atoms with Gasteiger partial charge in [-0.2, -0.15) is 0 Å². The average Bonchev–Trinajstić information content (AvgIpc) is 3.74. The summed E-state index contributed by atoms with van der Waals surface area (Å²) < 4.78 is 60.9. The van der Waals surface area contributed by atoms with Crippen LogP contribution in [-0.4, -0.2) is 95.9 Å². The predicted molar refractivity (Wildman–Crippen MR) is 371 cm³/mol. The quantitative estimate of drug-likeness (QED) is 0.0146. The standard InChI is InChI=1S/C73H126O16P2/c1-4-7-10-13-16-19-22-25-27-29-31-32-33-34-36-38-39-42-44-47-50-53-56-59-71(76)83-62-68(74)63-85-90(79,80)86-64-69(75)65-87-91(81,82)88-67-70(89-73(78)61-58-55-52-49-46-41-24-21-18-15-12-9-6-3)66-84-72(77)60-57-54-51-48-45-43-40-37-35-30-28-26-23-20-17-14-11-8-5-2/h7-8,10-11,16-17,19-20,25-28,31-32,34-37,68-70,74-75H,4-6,9,12-15,18,21-24,29-30,33,38-67H2,1-3H3,(H,79,80)(H,81,82)/b10-7-,11-8-,19-16-,20-17-,27-25-,28-26-,32-31-,36-34-,37-35-. The molecule has 4 N–H and O–H groups in total. The first-order valence-corrected chi connectivity index (χ1v) is 38.2. The first kappa shape index (κ1) is 87.2. The summed E-state index contributed by atoms with van der Waals surface area (Å²) in [5, 5.41) is 20.6. The van der Waals surface area contributed by atoms with Crippen molar-refractivity contribution in [2.24, 2.45) is 0 Å². The smallest absolute Gasteiger partial charge is 0.463 e. The van der Waals surface area contributed by atoms with E-state index in [1.165, 1.54) is 51.4 Å². The molecular formula is C73H126O16P2. The monoisotopic (exact) mass is 1320 g/mol. The van der Waals surface area contributed by atoms with Crippen molar-refractivity contribution in [3.63, 3.8) is 0 Å². The van der Waals surface area contributed by atoms with Crippen LogP contribution in [0.15, 0.2) is 109 Å². The summed E-state index contributed by atoms with van der Waals surface area (Å²) in [6.07, 6.45) is 74.2. The third-order valence-electron chi connectivity index (χ3n) is 14.5. The van der Waals surface area contributed by atoms with E-state index in [0.29, 0.717) is 19.3 Å². The highest BCUT2D eigenvalue weighted by atomic mass is 31.2. The van der Waals surface area contributed by atoms with Crippen LogP contribution in [0, 0.1) is 0 Å². The lowest BCUT2D eigenvalue weighted by Gasteiger charge is -2.21. The number of phosphoric ester groups is 2. The van der Waals surface area contributed by atoms with Gasteiger partial charge in [0.15, 0.2) is 6.10 Å². The van der Waals surface area contributed by atoms with E-state index in [1.54, 1.807) is 0 Å². The Balaban J connectivity index is 4.61. The number of ether oxygens (including phenoxy) is 3. The fraction of sp³-hybridized carbons (Fsp3) is 0.712. The summed E-state index contributed by atoms with van der Waals surface area (Å²) in [6.45, 7) is 2.42. The van der Waals surface area contributed by atoms with Gasteiger partial charge in [-0.1, -0.05) is 265 Å². The maximum absolute atomic E-state index is 12.9. The number of hydrogen-bond donors (Lipinski definition) is 4. The van der Waals surface area contributed by atoms with Crippen molar-refractivity contribution in [1.29, 1.82) is 0 Å². The van der Waals surface area contributed by atoms with Gasteiger partial charge in [0.05, 0.1) is 26.4 Å². The zero-order valence-electron chi connectivity index (χ0n) is 56.7. The molecule has 0 bridgehead atoms. The maximum Gasteiger partial charge on any atom is 0.472 e. The molecule has 0 saturated carbocycles. The molecule has 0 aliphatic carbocycles. The van der Waals surface area contributed by atoms with Crippen molar-refractivity contribution >= 4 is 33.6 Å². The van der Waals surface area contributed by atoms with Crippen LogP contribution in [0.2, 0.25) is 0 Å². The lowest BCUT2D eigenvalue weighted by atomic mass is 10.0. The van der Waals surface area contributed by atoms with Gasteiger partial charge in [-0.05, 0) is 103 Å². The van der Waals surface area contributed by atoms with E-state index in [-0.39, 0.29) is 19.3 Å². The van der Waals surface area contributed by atoms with Gasteiger partial charge in [-0.25, -0.2) is 9.13 Å². The summed E-state index contributed by atoms with van der Waals surface area (Å²) in [5.74, 6) is -1.60. The average molecular weight is 1320 g/mol. The van der Waals surface area contributed by atoms with Gasteiger partial charge in [-0.15, -0.1) is 0 Å². The second kappa shape index (κ2) is 66.2. The van der Waals surface area contributed by atoms with Gasteiger partial charge in [0.1, 0.15) is 25.4 Å². The normalized spacial score (nSPS) is 14.8. The summed E-state index contributed by atoms with van der Waals surface area (Å²) in [5.41, 5.74) is 0. The Bertz CT molecular complexity index is 2100. The van der Waals surface area contributed by atoms with Crippen molar-refractivity contribution in [3.8, 4) is 0 Å². The van der Waals surface area contributed by atoms with Gasteiger partial charge in [0.2, 0.25) is 0 Å². The molecule has 5 atom stereocenters. The van der Waals surface area contributed by atoms with Crippen LogP contribution >= 0.6 is 15.6 Å². The van der Waals surface area contributed by atoms with Crippen LogP contribution in [0.5, 0.6) is 0 Å². The number of hydrogen-bond acceptors (Lipinski definition) is 14. The number of rotatable bonds is 66. The van der Waals surface area contributed by atoms with Crippen molar-refractivity contribution < 1.29 is 75.8 Å². The minimum atomic E-state index is -4.93. The van der Waals surface area contributed by atoms with Gasteiger partial charge in [0.25, 0.3) is 0 Å². The summed E-state index contributed by atoms with van der Waals surface area (Å²) >= 11 is 0. The lowest BCUT2D eigenvalue weighted by molar-refractivity contribution is -0.161. The summed E-state index contributed by atoms with van der Waals surface area (Å²) in [6, 6.07) is 0. The largest absolute Gasteiger partial charge is 0.472 e. The number of aliphatic hydroxyl groups is 2. The molecule has 91 heavy (non-hydrogen) atoms. The van der Waals surface area contributed by atoms with Gasteiger partial charge < -0.3 is 34.2 Å². The van der Waals surface area contributed by atoms with Crippen molar-refractivity contribution in [3.05, 3.63) is 109 Å². The number of aliphatic hydroxyl groups excluding tert-OH is 2. The van der Waals surface area contributed by atoms with E-state index in [2.05, 4.69) is 130 Å². The van der Waals surface area contributed by atoms with Crippen LogP contribution in [0.1, 0.15) is 278 Å². The van der Waals surface area contributed by atoms with E-state index in [4.69, 9.17) is 32.3 Å². The number of carbonyl (C=O) groups is 3. The maximum atomic E-state index is 12.9. The molecule has 0 amide bonds. The molecule has 0 aromatic carbocycles. The van der Waals surface area contributed by atoms with E-state index < -0.39 is 91.5 Å². The van der Waals surface area contributed by atoms with Crippen molar-refractivity contribution in [1.82, 2.24) is 0 Å². The Morgan fingerprint density at radius 1 is 0.319 bits per heavy atom. The highest BCUT2D eigenvalue weighted by Crippen LogP contribution is 2.45. The molecule has 0 fully saturated rings. The molecule has 0 saturated heterocycles. The third kappa shape index (κ3) is 67.4. The zero-order valence-corrected chi connectivity index (χ0v) is 58.5. The minimum absolute atomic E-state index is 0.103. The lowest BCUT2D eigenvalue weighted by Crippen LogP contribution is -2.30. The SMILES string of the molecule is CC/C=C\C/C=C\C/C=C\C/C=C\C/C=C\CCCCCCCCCC(=O)OCC(O)COP(=O)(O)OCC(O)COP(=O)(O)OCC(COC(=O)CCCCCCCC/C=C\C/C=C\C/C=C\C/C=C\CC)OC(=O)CCCCCCCCCCCCCCC. The molecule has 524 valence electrons. The van der Waals surface area contributed by atoms with E-state index in [1.807, 2.05) is 0 Å². The third-order valence-corrected chi connectivity index (χ3v) is 16.4. The number of carbonyl (C=O) groups excluding carboxylic acids is 3. The first-order chi connectivity index (χ1) is 44.2. The van der Waals surface area contributed by atoms with E-state index >= 15 is 0 Å². The second-order valence-corrected chi connectivity index (χ2v) is 26.2. The number of phosphoric acid groups is 2. The van der Waals surface area contributed by atoms with Gasteiger partial charge in [-0.3, -0.25) is 32.5 Å². The highest BCUT2D eigenvalue weighted by Gasteiger charge is 2.29. The number of esters is 3. The number of allylic oxidation sites excluding steroid dienone is 18. The molecule has 0 aliphatic rings. The van der Waals surface area contributed by atoms with Crippen LogP contribution in [0.25, 0.3) is 0 Å². The molecule has 5 unspecified atom stereocenters. The zero-order chi connectivity index (χ0) is 66.7. The van der Waals surface area contributed by atoms with Crippen LogP contribution in [0.4, 0.5) is 0 Å². The van der Waals surface area contributed by atoms with Crippen molar-refractivity contribution in [2.45, 2.75) is 296 Å². The highest BCUT2D eigenvalue weighted by molar-refractivity contribution is 7.47. The molecule has 0 spiro atoms. The summed E-state index contributed by atoms with van der Waals surface area (Å²) in [4.78, 5) is 58.4. The Kier molecular flexibility index (Phi) is 63.5. The second-order valence-electron chi connectivity index (χ2n) is 23.3. The van der Waals surface area contributed by atoms with Crippen molar-refractivity contribution in [2.75, 3.05) is 39.6 Å². The molecule has 0 aromatic heterocycles. The Hall–Kier alpha value is -3.79. The van der Waals surface area contributed by atoms with Gasteiger partial charge >= 0.3 is 33.6 Å². The molecule has 0 aliphatic heterocycles. The fourth-order valence-corrected chi connectivity index (χ4v) is 10.8. The Labute approximate surface area is 551 Å². The molecule has 0 rings (SSSR count). The molecule has 0 aromatic rings.